The summed E-state index contributed by atoms with van der Waals surface area (Å²) in [5.74, 6) is 0. The number of carbonyl (C=O) groups is 1. The predicted molar refractivity (Wildman–Crippen MR) is 65.7 cm³/mol. The van der Waals surface area contributed by atoms with Gasteiger partial charge in [0.2, 0.25) is 0 Å². The third-order valence-corrected chi connectivity index (χ3v) is 4.55. The standard InChI is InChI=1S/C11H19NO6S/c1-10(2,3)18-9(13)12-8(7-17-19(12,14)15)11(16-4)5-6-11/h8H,5-7H2,1-4H3/t8-/m1/s1. The van der Waals surface area contributed by atoms with Crippen LogP contribution >= 0.6 is 0 Å². The number of amides is 1. The fourth-order valence-electron chi connectivity index (χ4n) is 2.12. The van der Waals surface area contributed by atoms with E-state index in [1.165, 1.54) is 7.11 Å². The molecule has 7 nitrogen and oxygen atoms in total. The van der Waals surface area contributed by atoms with Crippen molar-refractivity contribution in [2.75, 3.05) is 13.7 Å². The van der Waals surface area contributed by atoms with Crippen molar-refractivity contribution >= 4 is 16.4 Å². The van der Waals surface area contributed by atoms with E-state index in [9.17, 15) is 13.2 Å². The average Bonchev–Trinajstić information content (AvgIpc) is 2.95. The Hall–Kier alpha value is -0.860. The summed E-state index contributed by atoms with van der Waals surface area (Å²) in [5.41, 5.74) is -1.40. The summed E-state index contributed by atoms with van der Waals surface area (Å²) >= 11 is 0. The smallest absolute Gasteiger partial charge is 0.426 e. The van der Waals surface area contributed by atoms with Crippen LogP contribution in [0.25, 0.3) is 0 Å². The zero-order chi connectivity index (χ0) is 14.5. The molecule has 1 amide bonds. The third-order valence-electron chi connectivity index (χ3n) is 3.23. The summed E-state index contributed by atoms with van der Waals surface area (Å²) in [6, 6.07) is -0.655. The Bertz CT molecular complexity index is 476. The van der Waals surface area contributed by atoms with Crippen molar-refractivity contribution in [3.63, 3.8) is 0 Å². The highest BCUT2D eigenvalue weighted by Gasteiger charge is 2.60. The summed E-state index contributed by atoms with van der Waals surface area (Å²) in [7, 11) is -2.58. The van der Waals surface area contributed by atoms with Gasteiger partial charge < -0.3 is 9.47 Å². The molecule has 0 aromatic carbocycles. The summed E-state index contributed by atoms with van der Waals surface area (Å²) in [4.78, 5) is 12.1. The molecule has 0 aromatic rings. The van der Waals surface area contributed by atoms with Crippen molar-refractivity contribution in [1.82, 2.24) is 4.31 Å². The van der Waals surface area contributed by atoms with Gasteiger partial charge in [-0.05, 0) is 33.6 Å². The summed E-state index contributed by atoms with van der Waals surface area (Å²) in [5, 5.41) is 0. The van der Waals surface area contributed by atoms with Crippen LogP contribution in [0.4, 0.5) is 4.79 Å². The molecule has 1 heterocycles. The van der Waals surface area contributed by atoms with E-state index in [-0.39, 0.29) is 6.61 Å². The van der Waals surface area contributed by atoms with Crippen LogP contribution in [0.15, 0.2) is 0 Å². The minimum Gasteiger partial charge on any atom is -0.443 e. The molecular formula is C11H19NO6S. The van der Waals surface area contributed by atoms with Crippen molar-refractivity contribution in [1.29, 1.82) is 0 Å². The van der Waals surface area contributed by atoms with Crippen LogP contribution in [-0.4, -0.2) is 49.8 Å². The minimum absolute atomic E-state index is 0.0879. The SMILES string of the molecule is COC1([C@H]2COS(=O)(=O)N2C(=O)OC(C)(C)C)CC1. The van der Waals surface area contributed by atoms with E-state index < -0.39 is 33.6 Å². The molecule has 0 unspecified atom stereocenters. The van der Waals surface area contributed by atoms with E-state index in [1.807, 2.05) is 0 Å². The van der Waals surface area contributed by atoms with Gasteiger partial charge in [-0.3, -0.25) is 4.18 Å². The van der Waals surface area contributed by atoms with E-state index in [2.05, 4.69) is 0 Å². The Morgan fingerprint density at radius 3 is 2.37 bits per heavy atom. The largest absolute Gasteiger partial charge is 0.443 e. The van der Waals surface area contributed by atoms with E-state index in [0.717, 1.165) is 0 Å². The highest BCUT2D eigenvalue weighted by Crippen LogP contribution is 2.47. The number of methoxy groups -OCH3 is 1. The first-order valence-corrected chi connectivity index (χ1v) is 7.45. The maximum atomic E-state index is 12.1. The summed E-state index contributed by atoms with van der Waals surface area (Å²) in [6.07, 6.45) is 0.483. The van der Waals surface area contributed by atoms with Crippen LogP contribution < -0.4 is 0 Å². The van der Waals surface area contributed by atoms with E-state index in [0.29, 0.717) is 17.1 Å². The second kappa shape index (κ2) is 4.32. The lowest BCUT2D eigenvalue weighted by atomic mass is 10.1. The van der Waals surface area contributed by atoms with Crippen LogP contribution in [0.1, 0.15) is 33.6 Å². The van der Waals surface area contributed by atoms with Crippen LogP contribution in [0.3, 0.4) is 0 Å². The van der Waals surface area contributed by atoms with Gasteiger partial charge in [-0.25, -0.2) is 4.79 Å². The van der Waals surface area contributed by atoms with E-state index in [4.69, 9.17) is 13.7 Å². The highest BCUT2D eigenvalue weighted by molar-refractivity contribution is 7.85. The lowest BCUT2D eigenvalue weighted by Crippen LogP contribution is -2.49. The van der Waals surface area contributed by atoms with Crippen LogP contribution in [0, 0.1) is 0 Å². The van der Waals surface area contributed by atoms with E-state index >= 15 is 0 Å². The first kappa shape index (κ1) is 14.5. The molecule has 110 valence electrons. The normalized spacial score (nSPS) is 28.2. The number of carbonyl (C=O) groups excluding carboxylic acids is 1. The molecule has 8 heteroatoms. The summed E-state index contributed by atoms with van der Waals surface area (Å²) in [6.45, 7) is 4.93. The van der Waals surface area contributed by atoms with Gasteiger partial charge in [-0.2, -0.15) is 12.7 Å². The van der Waals surface area contributed by atoms with Gasteiger partial charge in [0, 0.05) is 7.11 Å². The van der Waals surface area contributed by atoms with Gasteiger partial charge in [0.25, 0.3) is 0 Å². The van der Waals surface area contributed by atoms with Gasteiger partial charge >= 0.3 is 16.4 Å². The molecule has 1 aliphatic carbocycles. The fourth-order valence-corrected chi connectivity index (χ4v) is 3.32. The Morgan fingerprint density at radius 1 is 1.37 bits per heavy atom. The zero-order valence-electron chi connectivity index (χ0n) is 11.5. The monoisotopic (exact) mass is 293 g/mol. The maximum Gasteiger partial charge on any atom is 0.426 e. The lowest BCUT2D eigenvalue weighted by Gasteiger charge is -2.29. The topological polar surface area (TPSA) is 82.1 Å². The zero-order valence-corrected chi connectivity index (χ0v) is 12.3. The molecule has 2 fully saturated rings. The average molecular weight is 293 g/mol. The molecule has 2 rings (SSSR count). The number of hydrogen-bond donors (Lipinski definition) is 0. The first-order valence-electron chi connectivity index (χ1n) is 6.08. The van der Waals surface area contributed by atoms with Gasteiger partial charge in [0.15, 0.2) is 0 Å². The lowest BCUT2D eigenvalue weighted by molar-refractivity contribution is -0.00108. The van der Waals surface area contributed by atoms with Crippen LogP contribution in [0.5, 0.6) is 0 Å². The van der Waals surface area contributed by atoms with Crippen molar-refractivity contribution in [2.45, 2.75) is 50.9 Å². The second-order valence-corrected chi connectivity index (χ2v) is 7.29. The van der Waals surface area contributed by atoms with Crippen molar-refractivity contribution in [2.24, 2.45) is 0 Å². The maximum absolute atomic E-state index is 12.1. The highest BCUT2D eigenvalue weighted by atomic mass is 32.2. The Balaban J connectivity index is 2.25. The minimum atomic E-state index is -4.08. The van der Waals surface area contributed by atoms with Gasteiger partial charge in [-0.15, -0.1) is 0 Å². The molecule has 0 spiro atoms. The van der Waals surface area contributed by atoms with Crippen molar-refractivity contribution in [3.8, 4) is 0 Å². The predicted octanol–water partition coefficient (Wildman–Crippen LogP) is 1.05. The Kier molecular flexibility index (Phi) is 3.31. The molecule has 2 aliphatic rings. The molecule has 1 saturated carbocycles. The first-order chi connectivity index (χ1) is 8.61. The summed E-state index contributed by atoms with van der Waals surface area (Å²) < 4.78 is 39.6. The number of rotatable bonds is 2. The molecule has 0 aromatic heterocycles. The van der Waals surface area contributed by atoms with Gasteiger partial charge in [0.05, 0.1) is 12.2 Å². The molecule has 1 atom stereocenters. The van der Waals surface area contributed by atoms with E-state index in [1.54, 1.807) is 20.8 Å². The van der Waals surface area contributed by atoms with Crippen molar-refractivity contribution < 1.29 is 26.9 Å². The van der Waals surface area contributed by atoms with Crippen molar-refractivity contribution in [3.05, 3.63) is 0 Å². The van der Waals surface area contributed by atoms with Crippen LogP contribution in [0.2, 0.25) is 0 Å². The Morgan fingerprint density at radius 2 is 1.95 bits per heavy atom. The third kappa shape index (κ3) is 2.70. The molecule has 19 heavy (non-hydrogen) atoms. The molecule has 0 N–H and O–H groups in total. The molecule has 0 bridgehead atoms. The molecule has 1 saturated heterocycles. The van der Waals surface area contributed by atoms with Gasteiger partial charge in [0.1, 0.15) is 11.6 Å². The number of ether oxygens (including phenoxy) is 2. The quantitative estimate of drug-likeness (QED) is 0.756. The number of hydrogen-bond acceptors (Lipinski definition) is 6. The van der Waals surface area contributed by atoms with Gasteiger partial charge in [-0.1, -0.05) is 0 Å². The second-order valence-electron chi connectivity index (χ2n) is 5.80. The Labute approximate surface area is 113 Å². The van der Waals surface area contributed by atoms with Crippen LogP contribution in [-0.2, 0) is 24.0 Å². The fraction of sp³-hybridized carbons (Fsp3) is 0.909. The molecule has 0 radical (unpaired) electrons. The number of nitrogens with zero attached hydrogens (tertiary/aromatic N) is 1. The molecule has 1 aliphatic heterocycles. The molecular weight excluding hydrogens is 274 g/mol.